The average Bonchev–Trinajstić information content (AvgIpc) is 3.10. The van der Waals surface area contributed by atoms with Crippen LogP contribution < -0.4 is 15.9 Å². The number of nitrogens with zero attached hydrogens (tertiary/aromatic N) is 5. The Bertz CT molecular complexity index is 1340. The van der Waals surface area contributed by atoms with Crippen LogP contribution in [0.1, 0.15) is 19.3 Å². The molecule has 1 N–H and O–H groups in total. The number of carbonyl (C=O) groups excluding carboxylic acids is 1. The van der Waals surface area contributed by atoms with E-state index in [2.05, 4.69) is 31.2 Å². The molecule has 2 aromatic heterocycles. The largest absolute Gasteiger partial charge is 0.353 e. The Kier molecular flexibility index (Phi) is 5.19. The van der Waals surface area contributed by atoms with E-state index in [0.717, 1.165) is 35.9 Å². The van der Waals surface area contributed by atoms with E-state index < -0.39 is 0 Å². The topological polar surface area (TPSA) is 84.5 Å². The van der Waals surface area contributed by atoms with Crippen LogP contribution in [-0.4, -0.2) is 38.2 Å². The van der Waals surface area contributed by atoms with Gasteiger partial charge < -0.3 is 10.2 Å². The molecule has 1 aliphatic heterocycles. The van der Waals surface area contributed by atoms with Crippen molar-refractivity contribution in [3.05, 3.63) is 63.5 Å². The summed E-state index contributed by atoms with van der Waals surface area (Å²) in [7, 11) is 0. The maximum Gasteiger partial charge on any atom is 0.351 e. The molecule has 1 aliphatic rings. The summed E-state index contributed by atoms with van der Waals surface area (Å²) < 4.78 is 3.64. The molecule has 0 unspecified atom stereocenters. The van der Waals surface area contributed by atoms with E-state index in [9.17, 15) is 9.59 Å². The predicted octanol–water partition coefficient (Wildman–Crippen LogP) is 3.44. The fourth-order valence-corrected chi connectivity index (χ4v) is 4.40. The molecule has 1 fully saturated rings. The highest BCUT2D eigenvalue weighted by atomic mass is 79.9. The standard InChI is InChI=1S/C22H21BrN6O2/c23-15-7-6-8-16(13-15)24-19(30)14-28-22(31)29-18-10-3-2-9-17(18)25-20(21(29)26-28)27-11-4-1-5-12-27/h2-3,6-10,13H,1,4-5,11-12,14H2,(H,24,30). The van der Waals surface area contributed by atoms with Gasteiger partial charge in [-0.3, -0.25) is 4.79 Å². The van der Waals surface area contributed by atoms with E-state index in [4.69, 9.17) is 4.98 Å². The van der Waals surface area contributed by atoms with Crippen LogP contribution >= 0.6 is 15.9 Å². The van der Waals surface area contributed by atoms with Crippen molar-refractivity contribution in [3.63, 3.8) is 0 Å². The summed E-state index contributed by atoms with van der Waals surface area (Å²) in [6.07, 6.45) is 3.36. The fourth-order valence-electron chi connectivity index (χ4n) is 4.01. The Morgan fingerprint density at radius 3 is 2.68 bits per heavy atom. The summed E-state index contributed by atoms with van der Waals surface area (Å²) in [6.45, 7) is 1.58. The molecule has 0 saturated carbocycles. The van der Waals surface area contributed by atoms with Crippen molar-refractivity contribution >= 4 is 50.0 Å². The van der Waals surface area contributed by atoms with Crippen LogP contribution in [-0.2, 0) is 11.3 Å². The van der Waals surface area contributed by atoms with Gasteiger partial charge in [0.25, 0.3) is 0 Å². The number of rotatable bonds is 4. The summed E-state index contributed by atoms with van der Waals surface area (Å²) in [5, 5.41) is 7.34. The molecule has 0 spiro atoms. The summed E-state index contributed by atoms with van der Waals surface area (Å²) in [5.74, 6) is 0.377. The lowest BCUT2D eigenvalue weighted by atomic mass is 10.1. The molecule has 2 aromatic carbocycles. The van der Waals surface area contributed by atoms with Crippen molar-refractivity contribution in [1.29, 1.82) is 0 Å². The molecule has 5 rings (SSSR count). The fraction of sp³-hybridized carbons (Fsp3) is 0.273. The number of hydrogen-bond acceptors (Lipinski definition) is 5. The van der Waals surface area contributed by atoms with Crippen LogP contribution in [0.5, 0.6) is 0 Å². The quantitative estimate of drug-likeness (QED) is 0.483. The molecule has 8 nitrogen and oxygen atoms in total. The first-order valence-electron chi connectivity index (χ1n) is 10.3. The van der Waals surface area contributed by atoms with Crippen molar-refractivity contribution in [1.82, 2.24) is 19.2 Å². The Hall–Kier alpha value is -3.20. The lowest BCUT2D eigenvalue weighted by molar-refractivity contribution is -0.117. The molecular weight excluding hydrogens is 460 g/mol. The van der Waals surface area contributed by atoms with Crippen LogP contribution in [0, 0.1) is 0 Å². The molecule has 9 heteroatoms. The average molecular weight is 481 g/mol. The van der Waals surface area contributed by atoms with E-state index >= 15 is 0 Å². The second-order valence-corrected chi connectivity index (χ2v) is 8.55. The highest BCUT2D eigenvalue weighted by Crippen LogP contribution is 2.25. The molecule has 0 atom stereocenters. The first-order valence-corrected chi connectivity index (χ1v) is 11.1. The Balaban J connectivity index is 1.56. The number of halogens is 1. The number of hydrogen-bond donors (Lipinski definition) is 1. The van der Waals surface area contributed by atoms with Gasteiger partial charge in [0.2, 0.25) is 11.6 Å². The zero-order valence-electron chi connectivity index (χ0n) is 16.8. The van der Waals surface area contributed by atoms with Gasteiger partial charge in [0, 0.05) is 23.2 Å². The van der Waals surface area contributed by atoms with Gasteiger partial charge >= 0.3 is 5.69 Å². The number of fused-ring (bicyclic) bond motifs is 3. The van der Waals surface area contributed by atoms with E-state index in [-0.39, 0.29) is 18.1 Å². The number of piperidine rings is 1. The van der Waals surface area contributed by atoms with E-state index in [0.29, 0.717) is 22.7 Å². The lowest BCUT2D eigenvalue weighted by Crippen LogP contribution is -2.31. The minimum absolute atomic E-state index is 0.180. The highest BCUT2D eigenvalue weighted by Gasteiger charge is 2.22. The van der Waals surface area contributed by atoms with Gasteiger partial charge in [-0.25, -0.2) is 18.9 Å². The van der Waals surface area contributed by atoms with Crippen LogP contribution in [0.15, 0.2) is 57.8 Å². The van der Waals surface area contributed by atoms with Gasteiger partial charge in [-0.1, -0.05) is 34.1 Å². The summed E-state index contributed by atoms with van der Waals surface area (Å²) in [5.41, 5.74) is 2.20. The Morgan fingerprint density at radius 1 is 1.06 bits per heavy atom. The number of aromatic nitrogens is 4. The van der Waals surface area contributed by atoms with Gasteiger partial charge in [-0.15, -0.1) is 5.10 Å². The molecule has 31 heavy (non-hydrogen) atoms. The number of benzene rings is 2. The number of amides is 1. The first kappa shape index (κ1) is 19.7. The molecule has 1 amide bonds. The summed E-state index contributed by atoms with van der Waals surface area (Å²) in [4.78, 5) is 32.9. The molecule has 0 radical (unpaired) electrons. The predicted molar refractivity (Wildman–Crippen MR) is 124 cm³/mol. The van der Waals surface area contributed by atoms with Crippen LogP contribution in [0.4, 0.5) is 11.5 Å². The van der Waals surface area contributed by atoms with Crippen molar-refractivity contribution in [3.8, 4) is 0 Å². The van der Waals surface area contributed by atoms with Gasteiger partial charge in [0.05, 0.1) is 11.0 Å². The van der Waals surface area contributed by atoms with E-state index in [1.807, 2.05) is 36.4 Å². The number of carbonyl (C=O) groups is 1. The third-order valence-corrected chi connectivity index (χ3v) is 5.94. The minimum Gasteiger partial charge on any atom is -0.353 e. The van der Waals surface area contributed by atoms with E-state index in [1.165, 1.54) is 11.1 Å². The van der Waals surface area contributed by atoms with Gasteiger partial charge in [0.15, 0.2) is 5.82 Å². The van der Waals surface area contributed by atoms with Crippen molar-refractivity contribution < 1.29 is 4.79 Å². The van der Waals surface area contributed by atoms with Crippen LogP contribution in [0.2, 0.25) is 0 Å². The van der Waals surface area contributed by atoms with Crippen molar-refractivity contribution in [2.45, 2.75) is 25.8 Å². The Morgan fingerprint density at radius 2 is 1.87 bits per heavy atom. The smallest absolute Gasteiger partial charge is 0.351 e. The lowest BCUT2D eigenvalue weighted by Gasteiger charge is -2.27. The summed E-state index contributed by atoms with van der Waals surface area (Å²) in [6, 6.07) is 14.8. The van der Waals surface area contributed by atoms with Crippen molar-refractivity contribution in [2.75, 3.05) is 23.3 Å². The molecule has 1 saturated heterocycles. The zero-order valence-corrected chi connectivity index (χ0v) is 18.4. The highest BCUT2D eigenvalue weighted by molar-refractivity contribution is 9.10. The molecule has 4 aromatic rings. The molecular formula is C22H21BrN6O2. The molecule has 0 bridgehead atoms. The van der Waals surface area contributed by atoms with Crippen molar-refractivity contribution in [2.24, 2.45) is 0 Å². The minimum atomic E-state index is -0.351. The SMILES string of the molecule is O=C(Cn1nc2c(N3CCCCC3)nc3ccccc3n2c1=O)Nc1cccc(Br)c1. The maximum absolute atomic E-state index is 13.2. The van der Waals surface area contributed by atoms with Crippen LogP contribution in [0.3, 0.4) is 0 Å². The molecule has 158 valence electrons. The van der Waals surface area contributed by atoms with E-state index in [1.54, 1.807) is 16.5 Å². The zero-order chi connectivity index (χ0) is 21.4. The van der Waals surface area contributed by atoms with Gasteiger partial charge in [0.1, 0.15) is 6.54 Å². The summed E-state index contributed by atoms with van der Waals surface area (Å²) >= 11 is 3.39. The normalized spacial score (nSPS) is 14.3. The molecule has 3 heterocycles. The third kappa shape index (κ3) is 3.81. The first-order chi connectivity index (χ1) is 15.1. The number of nitrogens with one attached hydrogen (secondary N) is 1. The second kappa shape index (κ2) is 8.14. The number of anilines is 2. The van der Waals surface area contributed by atoms with Gasteiger partial charge in [-0.2, -0.15) is 0 Å². The maximum atomic E-state index is 13.2. The molecule has 0 aliphatic carbocycles. The second-order valence-electron chi connectivity index (χ2n) is 7.63. The van der Waals surface area contributed by atoms with Gasteiger partial charge in [-0.05, 0) is 49.6 Å². The Labute approximate surface area is 186 Å². The monoisotopic (exact) mass is 480 g/mol. The van der Waals surface area contributed by atoms with Crippen LogP contribution in [0.25, 0.3) is 16.7 Å². The number of para-hydroxylation sites is 2. The third-order valence-electron chi connectivity index (χ3n) is 5.45.